The van der Waals surface area contributed by atoms with Gasteiger partial charge in [0.1, 0.15) is 6.33 Å². The van der Waals surface area contributed by atoms with E-state index >= 15 is 0 Å². The molecule has 1 aromatic carbocycles. The third kappa shape index (κ3) is 2.76. The van der Waals surface area contributed by atoms with Crippen molar-refractivity contribution in [3.05, 3.63) is 34.8 Å². The van der Waals surface area contributed by atoms with E-state index < -0.39 is 0 Å². The predicted octanol–water partition coefficient (Wildman–Crippen LogP) is 2.25. The first-order chi connectivity index (χ1) is 8.20. The van der Waals surface area contributed by atoms with Crippen LogP contribution in [0.2, 0.25) is 0 Å². The summed E-state index contributed by atoms with van der Waals surface area (Å²) < 4.78 is 2.96. The maximum Gasteiger partial charge on any atom is 0.152 e. The standard InChI is InChI=1S/C11H14BrN5/c1-2-17-7-15-16-11(17)6-14-10-4-3-8(12)5-9(10)13/h3-5,7,14H,2,6,13H2,1H3. The Labute approximate surface area is 108 Å². The Morgan fingerprint density at radius 2 is 2.29 bits per heavy atom. The molecule has 0 aliphatic rings. The molecule has 2 aromatic rings. The number of nitrogens with two attached hydrogens (primary N) is 1. The number of nitrogens with one attached hydrogen (secondary N) is 1. The van der Waals surface area contributed by atoms with E-state index in [9.17, 15) is 0 Å². The van der Waals surface area contributed by atoms with Crippen molar-refractivity contribution in [2.24, 2.45) is 0 Å². The van der Waals surface area contributed by atoms with Crippen molar-refractivity contribution in [2.45, 2.75) is 20.0 Å². The molecule has 0 aliphatic carbocycles. The van der Waals surface area contributed by atoms with Crippen molar-refractivity contribution in [1.82, 2.24) is 14.8 Å². The Morgan fingerprint density at radius 1 is 1.47 bits per heavy atom. The summed E-state index contributed by atoms with van der Waals surface area (Å²) in [6.45, 7) is 3.53. The number of aromatic nitrogens is 3. The van der Waals surface area contributed by atoms with E-state index in [1.165, 1.54) is 0 Å². The van der Waals surface area contributed by atoms with Crippen LogP contribution in [0.1, 0.15) is 12.7 Å². The van der Waals surface area contributed by atoms with Crippen LogP contribution in [-0.4, -0.2) is 14.8 Å². The number of benzene rings is 1. The second kappa shape index (κ2) is 5.18. The minimum Gasteiger partial charge on any atom is -0.397 e. The minimum absolute atomic E-state index is 0.611. The van der Waals surface area contributed by atoms with Gasteiger partial charge in [-0.15, -0.1) is 10.2 Å². The molecule has 0 amide bonds. The molecule has 0 fully saturated rings. The Hall–Kier alpha value is -1.56. The lowest BCUT2D eigenvalue weighted by molar-refractivity contribution is 0.708. The topological polar surface area (TPSA) is 68.8 Å². The zero-order valence-corrected chi connectivity index (χ0v) is 11.1. The number of aryl methyl sites for hydroxylation is 1. The van der Waals surface area contributed by atoms with Crippen LogP contribution in [0.5, 0.6) is 0 Å². The number of hydrogen-bond acceptors (Lipinski definition) is 4. The van der Waals surface area contributed by atoms with E-state index in [1.807, 2.05) is 22.8 Å². The fourth-order valence-electron chi connectivity index (χ4n) is 1.55. The molecule has 0 saturated carbocycles. The number of nitrogens with zero attached hydrogens (tertiary/aromatic N) is 3. The summed E-state index contributed by atoms with van der Waals surface area (Å²) in [7, 11) is 0. The molecule has 6 heteroatoms. The van der Waals surface area contributed by atoms with E-state index in [0.29, 0.717) is 12.2 Å². The molecule has 0 radical (unpaired) electrons. The highest BCUT2D eigenvalue weighted by molar-refractivity contribution is 9.10. The monoisotopic (exact) mass is 295 g/mol. The molecular formula is C11H14BrN5. The molecule has 0 atom stereocenters. The molecule has 0 unspecified atom stereocenters. The molecule has 5 nitrogen and oxygen atoms in total. The molecule has 0 aliphatic heterocycles. The maximum absolute atomic E-state index is 5.90. The van der Waals surface area contributed by atoms with Gasteiger partial charge in [0.15, 0.2) is 5.82 Å². The molecule has 1 heterocycles. The largest absolute Gasteiger partial charge is 0.397 e. The second-order valence-electron chi connectivity index (χ2n) is 3.62. The van der Waals surface area contributed by atoms with Crippen molar-refractivity contribution in [1.29, 1.82) is 0 Å². The Morgan fingerprint density at radius 3 is 3.00 bits per heavy atom. The van der Waals surface area contributed by atoms with Crippen LogP contribution >= 0.6 is 15.9 Å². The predicted molar refractivity (Wildman–Crippen MR) is 71.6 cm³/mol. The van der Waals surface area contributed by atoms with E-state index in [0.717, 1.165) is 22.5 Å². The summed E-state index contributed by atoms with van der Waals surface area (Å²) in [4.78, 5) is 0. The lowest BCUT2D eigenvalue weighted by Gasteiger charge is -2.09. The van der Waals surface area contributed by atoms with Gasteiger partial charge in [-0.3, -0.25) is 0 Å². The number of rotatable bonds is 4. The van der Waals surface area contributed by atoms with Crippen LogP contribution in [0.3, 0.4) is 0 Å². The first-order valence-electron chi connectivity index (χ1n) is 5.36. The fraction of sp³-hybridized carbons (Fsp3) is 0.273. The van der Waals surface area contributed by atoms with Gasteiger partial charge in [-0.05, 0) is 25.1 Å². The molecule has 2 rings (SSSR count). The number of nitrogen functional groups attached to an aromatic ring is 1. The number of anilines is 2. The van der Waals surface area contributed by atoms with Gasteiger partial charge < -0.3 is 15.6 Å². The van der Waals surface area contributed by atoms with Crippen molar-refractivity contribution in [2.75, 3.05) is 11.1 Å². The summed E-state index contributed by atoms with van der Waals surface area (Å²) in [6, 6.07) is 5.75. The van der Waals surface area contributed by atoms with Crippen LogP contribution in [0.4, 0.5) is 11.4 Å². The Kier molecular flexibility index (Phi) is 3.63. The van der Waals surface area contributed by atoms with Crippen molar-refractivity contribution >= 4 is 27.3 Å². The van der Waals surface area contributed by atoms with Gasteiger partial charge >= 0.3 is 0 Å². The van der Waals surface area contributed by atoms with E-state index in [-0.39, 0.29) is 0 Å². The molecule has 0 bridgehead atoms. The van der Waals surface area contributed by atoms with Crippen LogP contribution in [0.15, 0.2) is 29.0 Å². The first kappa shape index (κ1) is 11.9. The van der Waals surface area contributed by atoms with Gasteiger partial charge in [-0.1, -0.05) is 15.9 Å². The van der Waals surface area contributed by atoms with Crippen LogP contribution in [0.25, 0.3) is 0 Å². The lowest BCUT2D eigenvalue weighted by atomic mass is 10.2. The van der Waals surface area contributed by atoms with Crippen molar-refractivity contribution in [3.63, 3.8) is 0 Å². The number of halogens is 1. The Bertz CT molecular complexity index is 508. The van der Waals surface area contributed by atoms with Gasteiger partial charge in [0.05, 0.1) is 17.9 Å². The van der Waals surface area contributed by atoms with Gasteiger partial charge in [-0.25, -0.2) is 0 Å². The SMILES string of the molecule is CCn1cnnc1CNc1ccc(Br)cc1N. The van der Waals surface area contributed by atoms with Crippen LogP contribution < -0.4 is 11.1 Å². The molecule has 1 aromatic heterocycles. The van der Waals surface area contributed by atoms with Crippen LogP contribution in [-0.2, 0) is 13.1 Å². The minimum atomic E-state index is 0.611. The number of hydrogen-bond donors (Lipinski definition) is 2. The average Bonchev–Trinajstić information content (AvgIpc) is 2.75. The maximum atomic E-state index is 5.90. The van der Waals surface area contributed by atoms with E-state index in [4.69, 9.17) is 5.73 Å². The average molecular weight is 296 g/mol. The summed E-state index contributed by atoms with van der Waals surface area (Å²) in [6.07, 6.45) is 1.72. The highest BCUT2D eigenvalue weighted by atomic mass is 79.9. The van der Waals surface area contributed by atoms with E-state index in [1.54, 1.807) is 6.33 Å². The van der Waals surface area contributed by atoms with Crippen molar-refractivity contribution in [3.8, 4) is 0 Å². The summed E-state index contributed by atoms with van der Waals surface area (Å²) in [5.41, 5.74) is 7.51. The zero-order chi connectivity index (χ0) is 12.3. The fourth-order valence-corrected chi connectivity index (χ4v) is 1.93. The molecule has 3 N–H and O–H groups in total. The van der Waals surface area contributed by atoms with Gasteiger partial charge in [0, 0.05) is 11.0 Å². The molecule has 17 heavy (non-hydrogen) atoms. The smallest absolute Gasteiger partial charge is 0.152 e. The van der Waals surface area contributed by atoms with Gasteiger partial charge in [0.2, 0.25) is 0 Å². The first-order valence-corrected chi connectivity index (χ1v) is 6.15. The van der Waals surface area contributed by atoms with Gasteiger partial charge in [0.25, 0.3) is 0 Å². The summed E-state index contributed by atoms with van der Waals surface area (Å²) >= 11 is 3.37. The second-order valence-corrected chi connectivity index (χ2v) is 4.53. The Balaban J connectivity index is 2.07. The lowest BCUT2D eigenvalue weighted by Crippen LogP contribution is -2.08. The van der Waals surface area contributed by atoms with E-state index in [2.05, 4.69) is 38.4 Å². The normalized spacial score (nSPS) is 10.5. The third-order valence-corrected chi connectivity index (χ3v) is 2.98. The highest BCUT2D eigenvalue weighted by Crippen LogP contribution is 2.23. The third-order valence-electron chi connectivity index (χ3n) is 2.49. The summed E-state index contributed by atoms with van der Waals surface area (Å²) in [5.74, 6) is 0.898. The van der Waals surface area contributed by atoms with Crippen molar-refractivity contribution < 1.29 is 0 Å². The molecule has 90 valence electrons. The molecule has 0 spiro atoms. The quantitative estimate of drug-likeness (QED) is 0.849. The highest BCUT2D eigenvalue weighted by Gasteiger charge is 2.04. The molecular weight excluding hydrogens is 282 g/mol. The van der Waals surface area contributed by atoms with Crippen LogP contribution in [0, 0.1) is 0 Å². The summed E-state index contributed by atoms with van der Waals surface area (Å²) in [5, 5.41) is 11.2. The zero-order valence-electron chi connectivity index (χ0n) is 9.52. The molecule has 0 saturated heterocycles. The van der Waals surface area contributed by atoms with Gasteiger partial charge in [-0.2, -0.15) is 0 Å².